The average molecular weight is 230 g/mol. The van der Waals surface area contributed by atoms with Gasteiger partial charge in [-0.15, -0.1) is 0 Å². The molecule has 0 bridgehead atoms. The SMILES string of the molecule is CC(=O)O[C@H]1CCCC[C@H]1O[Si](C)(C)C. The molecule has 0 amide bonds. The number of carbonyl (C=O) groups excluding carboxylic acids is 1. The van der Waals surface area contributed by atoms with Crippen molar-refractivity contribution >= 4 is 14.3 Å². The largest absolute Gasteiger partial charge is 0.460 e. The fourth-order valence-corrected chi connectivity index (χ4v) is 3.18. The highest BCUT2D eigenvalue weighted by Crippen LogP contribution is 2.26. The first-order valence-corrected chi connectivity index (χ1v) is 9.14. The molecule has 88 valence electrons. The summed E-state index contributed by atoms with van der Waals surface area (Å²) in [6.07, 6.45) is 4.44. The van der Waals surface area contributed by atoms with E-state index in [0.29, 0.717) is 0 Å². The second-order valence-electron chi connectivity index (χ2n) is 5.20. The van der Waals surface area contributed by atoms with Gasteiger partial charge in [0.25, 0.3) is 0 Å². The van der Waals surface area contributed by atoms with Crippen LogP contribution in [-0.2, 0) is 14.0 Å². The number of ether oxygens (including phenoxy) is 1. The van der Waals surface area contributed by atoms with Crippen LogP contribution >= 0.6 is 0 Å². The van der Waals surface area contributed by atoms with Crippen LogP contribution in [0.5, 0.6) is 0 Å². The summed E-state index contributed by atoms with van der Waals surface area (Å²) in [5, 5.41) is 0. The number of rotatable bonds is 3. The molecule has 1 rings (SSSR count). The summed E-state index contributed by atoms with van der Waals surface area (Å²) in [6, 6.07) is 0. The van der Waals surface area contributed by atoms with Gasteiger partial charge in [-0.05, 0) is 38.9 Å². The van der Waals surface area contributed by atoms with Crippen LogP contribution in [0.4, 0.5) is 0 Å². The van der Waals surface area contributed by atoms with Crippen LogP contribution in [0.2, 0.25) is 19.6 Å². The van der Waals surface area contributed by atoms with E-state index in [1.54, 1.807) is 0 Å². The Labute approximate surface area is 93.3 Å². The van der Waals surface area contributed by atoms with Crippen molar-refractivity contribution in [1.82, 2.24) is 0 Å². The van der Waals surface area contributed by atoms with Gasteiger partial charge in [-0.3, -0.25) is 4.79 Å². The van der Waals surface area contributed by atoms with Crippen LogP contribution in [0, 0.1) is 0 Å². The van der Waals surface area contributed by atoms with Crippen molar-refractivity contribution in [2.24, 2.45) is 0 Å². The zero-order chi connectivity index (χ0) is 11.5. The number of esters is 1. The Bertz CT molecular complexity index is 222. The van der Waals surface area contributed by atoms with E-state index in [1.807, 2.05) is 0 Å². The quantitative estimate of drug-likeness (QED) is 0.552. The van der Waals surface area contributed by atoms with Gasteiger partial charge in [0.15, 0.2) is 8.32 Å². The first kappa shape index (κ1) is 12.7. The monoisotopic (exact) mass is 230 g/mol. The smallest absolute Gasteiger partial charge is 0.302 e. The van der Waals surface area contributed by atoms with E-state index < -0.39 is 8.32 Å². The van der Waals surface area contributed by atoms with E-state index in [9.17, 15) is 4.79 Å². The van der Waals surface area contributed by atoms with Crippen molar-refractivity contribution in [2.75, 3.05) is 0 Å². The predicted molar refractivity (Wildman–Crippen MR) is 62.2 cm³/mol. The zero-order valence-electron chi connectivity index (χ0n) is 10.2. The van der Waals surface area contributed by atoms with Crippen molar-refractivity contribution in [3.8, 4) is 0 Å². The Balaban J connectivity index is 2.53. The van der Waals surface area contributed by atoms with E-state index >= 15 is 0 Å². The number of hydrogen-bond donors (Lipinski definition) is 0. The van der Waals surface area contributed by atoms with E-state index in [4.69, 9.17) is 9.16 Å². The van der Waals surface area contributed by atoms with Gasteiger partial charge in [0.05, 0.1) is 6.10 Å². The van der Waals surface area contributed by atoms with Crippen LogP contribution < -0.4 is 0 Å². The van der Waals surface area contributed by atoms with Crippen LogP contribution in [0.15, 0.2) is 0 Å². The Morgan fingerprint density at radius 2 is 1.67 bits per heavy atom. The first-order valence-electron chi connectivity index (χ1n) is 5.73. The van der Waals surface area contributed by atoms with E-state index in [0.717, 1.165) is 19.3 Å². The summed E-state index contributed by atoms with van der Waals surface area (Å²) in [5.74, 6) is -0.189. The topological polar surface area (TPSA) is 35.5 Å². The molecule has 2 atom stereocenters. The van der Waals surface area contributed by atoms with Gasteiger partial charge in [0, 0.05) is 6.92 Å². The molecule has 1 aliphatic carbocycles. The molecule has 1 saturated carbocycles. The molecular formula is C11H22O3Si. The molecule has 1 fully saturated rings. The van der Waals surface area contributed by atoms with Crippen LogP contribution in [-0.4, -0.2) is 26.5 Å². The van der Waals surface area contributed by atoms with Gasteiger partial charge in [0.1, 0.15) is 6.10 Å². The molecule has 0 aromatic rings. The maximum Gasteiger partial charge on any atom is 0.302 e. The van der Waals surface area contributed by atoms with Crippen molar-refractivity contribution in [1.29, 1.82) is 0 Å². The first-order chi connectivity index (χ1) is 6.88. The van der Waals surface area contributed by atoms with Gasteiger partial charge in [-0.25, -0.2) is 0 Å². The van der Waals surface area contributed by atoms with Crippen molar-refractivity contribution in [3.05, 3.63) is 0 Å². The highest BCUT2D eigenvalue weighted by Gasteiger charge is 2.32. The lowest BCUT2D eigenvalue weighted by atomic mass is 9.95. The molecule has 0 aromatic carbocycles. The molecule has 1 aliphatic rings. The molecule has 0 saturated heterocycles. The predicted octanol–water partition coefficient (Wildman–Crippen LogP) is 2.71. The molecule has 4 heteroatoms. The summed E-state index contributed by atoms with van der Waals surface area (Å²) in [6.45, 7) is 7.99. The summed E-state index contributed by atoms with van der Waals surface area (Å²) in [4.78, 5) is 11.0. The Morgan fingerprint density at radius 1 is 1.13 bits per heavy atom. The lowest BCUT2D eigenvalue weighted by molar-refractivity contribution is -0.153. The lowest BCUT2D eigenvalue weighted by Crippen LogP contribution is -2.42. The average Bonchev–Trinajstić information content (AvgIpc) is 2.05. The standard InChI is InChI=1S/C11H22O3Si/c1-9(12)13-10-7-5-6-8-11(10)14-15(2,3)4/h10-11H,5-8H2,1-4H3/t10-,11+/m0/s1. The summed E-state index contributed by atoms with van der Waals surface area (Å²) in [7, 11) is -1.53. The van der Waals surface area contributed by atoms with Gasteiger partial charge < -0.3 is 9.16 Å². The third-order valence-electron chi connectivity index (χ3n) is 2.46. The molecule has 15 heavy (non-hydrogen) atoms. The molecule has 0 aromatic heterocycles. The molecular weight excluding hydrogens is 208 g/mol. The fourth-order valence-electron chi connectivity index (χ4n) is 2.00. The van der Waals surface area contributed by atoms with E-state index in [1.165, 1.54) is 13.3 Å². The fraction of sp³-hybridized carbons (Fsp3) is 0.909. The Morgan fingerprint density at radius 3 is 2.13 bits per heavy atom. The Kier molecular flexibility index (Phi) is 4.34. The second-order valence-corrected chi connectivity index (χ2v) is 9.66. The minimum absolute atomic E-state index is 0.0111. The molecule has 0 heterocycles. The van der Waals surface area contributed by atoms with Gasteiger partial charge in [0.2, 0.25) is 0 Å². The van der Waals surface area contributed by atoms with Gasteiger partial charge in [-0.1, -0.05) is 6.42 Å². The van der Waals surface area contributed by atoms with Crippen molar-refractivity contribution in [2.45, 2.75) is 64.5 Å². The van der Waals surface area contributed by atoms with Crippen molar-refractivity contribution in [3.63, 3.8) is 0 Å². The van der Waals surface area contributed by atoms with Crippen LogP contribution in [0.25, 0.3) is 0 Å². The van der Waals surface area contributed by atoms with Gasteiger partial charge >= 0.3 is 5.97 Å². The lowest BCUT2D eigenvalue weighted by Gasteiger charge is -2.35. The van der Waals surface area contributed by atoms with Crippen LogP contribution in [0.3, 0.4) is 0 Å². The number of hydrogen-bond acceptors (Lipinski definition) is 3. The normalized spacial score (nSPS) is 27.5. The maximum absolute atomic E-state index is 11.0. The van der Waals surface area contributed by atoms with Crippen molar-refractivity contribution < 1.29 is 14.0 Å². The van der Waals surface area contributed by atoms with Gasteiger partial charge in [-0.2, -0.15) is 0 Å². The molecule has 0 radical (unpaired) electrons. The zero-order valence-corrected chi connectivity index (χ0v) is 11.2. The summed E-state index contributed by atoms with van der Waals surface area (Å²) < 4.78 is 11.4. The highest BCUT2D eigenvalue weighted by molar-refractivity contribution is 6.69. The Hall–Kier alpha value is -0.353. The molecule has 0 spiro atoms. The minimum Gasteiger partial charge on any atom is -0.460 e. The summed E-state index contributed by atoms with van der Waals surface area (Å²) >= 11 is 0. The third-order valence-corrected chi connectivity index (χ3v) is 3.47. The molecule has 3 nitrogen and oxygen atoms in total. The molecule has 0 unspecified atom stereocenters. The summed E-state index contributed by atoms with van der Waals surface area (Å²) in [5.41, 5.74) is 0. The van der Waals surface area contributed by atoms with Crippen LogP contribution in [0.1, 0.15) is 32.6 Å². The van der Waals surface area contributed by atoms with E-state index in [2.05, 4.69) is 19.6 Å². The molecule has 0 aliphatic heterocycles. The minimum atomic E-state index is -1.53. The molecule has 0 N–H and O–H groups in total. The second kappa shape index (κ2) is 5.12. The number of carbonyl (C=O) groups is 1. The maximum atomic E-state index is 11.0. The van der Waals surface area contributed by atoms with E-state index in [-0.39, 0.29) is 18.2 Å². The third kappa shape index (κ3) is 4.80. The highest BCUT2D eigenvalue weighted by atomic mass is 28.4.